The molecule has 1 aliphatic rings. The minimum atomic E-state index is -0.513. The van der Waals surface area contributed by atoms with E-state index in [1.165, 1.54) is 18.7 Å². The van der Waals surface area contributed by atoms with Gasteiger partial charge in [0, 0.05) is 18.7 Å². The zero-order chi connectivity index (χ0) is 12.3. The second-order valence-electron chi connectivity index (χ2n) is 3.96. The van der Waals surface area contributed by atoms with E-state index in [9.17, 15) is 10.1 Å². The summed E-state index contributed by atoms with van der Waals surface area (Å²) in [5.41, 5.74) is -0.0976. The van der Waals surface area contributed by atoms with Crippen LogP contribution in [0, 0.1) is 10.1 Å². The monoisotopic (exact) mass is 256 g/mol. The van der Waals surface area contributed by atoms with Gasteiger partial charge in [0.05, 0.1) is 9.95 Å². The number of nitro groups is 1. The Morgan fingerprint density at radius 1 is 1.71 bits per heavy atom. The van der Waals surface area contributed by atoms with Crippen molar-refractivity contribution in [3.05, 3.63) is 27.4 Å². The van der Waals surface area contributed by atoms with Crippen LogP contribution in [0.3, 0.4) is 0 Å². The van der Waals surface area contributed by atoms with E-state index in [2.05, 4.69) is 15.6 Å². The molecule has 0 aliphatic carbocycles. The quantitative estimate of drug-likeness (QED) is 0.634. The van der Waals surface area contributed by atoms with Gasteiger partial charge in [-0.15, -0.1) is 0 Å². The molecule has 7 heteroatoms. The van der Waals surface area contributed by atoms with Gasteiger partial charge in [-0.25, -0.2) is 4.98 Å². The van der Waals surface area contributed by atoms with Gasteiger partial charge in [-0.05, 0) is 19.4 Å². The molecule has 0 radical (unpaired) electrons. The third-order valence-corrected chi connectivity index (χ3v) is 3.00. The smallest absolute Gasteiger partial charge is 0.289 e. The first-order valence-corrected chi connectivity index (χ1v) is 5.82. The lowest BCUT2D eigenvalue weighted by molar-refractivity contribution is -0.385. The summed E-state index contributed by atoms with van der Waals surface area (Å²) in [6, 6.07) is 1.72. The van der Waals surface area contributed by atoms with Crippen molar-refractivity contribution in [1.29, 1.82) is 0 Å². The Balaban J connectivity index is 1.98. The molecule has 1 unspecified atom stereocenters. The second-order valence-corrected chi connectivity index (χ2v) is 4.36. The van der Waals surface area contributed by atoms with Crippen molar-refractivity contribution in [2.75, 3.05) is 18.4 Å². The Bertz CT molecular complexity index is 421. The van der Waals surface area contributed by atoms with E-state index in [4.69, 9.17) is 11.6 Å². The molecule has 0 aromatic carbocycles. The number of halogens is 1. The van der Waals surface area contributed by atoms with Gasteiger partial charge in [0.1, 0.15) is 12.0 Å². The first kappa shape index (κ1) is 12.1. The lowest BCUT2D eigenvalue weighted by atomic mass is 10.2. The van der Waals surface area contributed by atoms with Gasteiger partial charge in [0.15, 0.2) is 0 Å². The van der Waals surface area contributed by atoms with Gasteiger partial charge in [-0.2, -0.15) is 0 Å². The average molecular weight is 257 g/mol. The first-order valence-electron chi connectivity index (χ1n) is 5.44. The number of pyridine rings is 1. The highest BCUT2D eigenvalue weighted by molar-refractivity contribution is 6.33. The number of hydrogen-bond acceptors (Lipinski definition) is 5. The molecule has 0 amide bonds. The minimum absolute atomic E-state index is 0.0976. The summed E-state index contributed by atoms with van der Waals surface area (Å²) in [5.74, 6) is 0.492. The molecule has 0 spiro atoms. The van der Waals surface area contributed by atoms with Gasteiger partial charge in [-0.1, -0.05) is 11.6 Å². The van der Waals surface area contributed by atoms with Gasteiger partial charge in [-0.3, -0.25) is 10.1 Å². The maximum Gasteiger partial charge on any atom is 0.289 e. The van der Waals surface area contributed by atoms with Crippen molar-refractivity contribution >= 4 is 23.1 Å². The van der Waals surface area contributed by atoms with Crippen molar-refractivity contribution < 1.29 is 4.92 Å². The summed E-state index contributed by atoms with van der Waals surface area (Å²) in [4.78, 5) is 13.9. The van der Waals surface area contributed by atoms with Crippen LogP contribution in [-0.4, -0.2) is 29.0 Å². The van der Waals surface area contributed by atoms with E-state index in [1.54, 1.807) is 0 Å². The Morgan fingerprint density at radius 3 is 3.12 bits per heavy atom. The first-order chi connectivity index (χ1) is 8.16. The van der Waals surface area contributed by atoms with Crippen molar-refractivity contribution in [3.63, 3.8) is 0 Å². The highest BCUT2D eigenvalue weighted by atomic mass is 35.5. The van der Waals surface area contributed by atoms with Crippen LogP contribution in [0.15, 0.2) is 12.3 Å². The molecule has 1 atom stereocenters. The van der Waals surface area contributed by atoms with Crippen molar-refractivity contribution in [2.45, 2.75) is 18.9 Å². The Morgan fingerprint density at radius 2 is 2.53 bits per heavy atom. The highest BCUT2D eigenvalue weighted by Gasteiger charge is 2.15. The van der Waals surface area contributed by atoms with Gasteiger partial charge >= 0.3 is 0 Å². The van der Waals surface area contributed by atoms with E-state index in [-0.39, 0.29) is 10.7 Å². The van der Waals surface area contributed by atoms with Crippen LogP contribution >= 0.6 is 11.6 Å². The molecule has 2 N–H and O–H groups in total. The summed E-state index contributed by atoms with van der Waals surface area (Å²) in [7, 11) is 0. The summed E-state index contributed by atoms with van der Waals surface area (Å²) in [5, 5.41) is 17.2. The number of nitrogens with zero attached hydrogens (tertiary/aromatic N) is 2. The topological polar surface area (TPSA) is 80.1 Å². The van der Waals surface area contributed by atoms with Crippen molar-refractivity contribution in [2.24, 2.45) is 0 Å². The zero-order valence-electron chi connectivity index (χ0n) is 9.15. The largest absolute Gasteiger partial charge is 0.367 e. The fourth-order valence-corrected chi connectivity index (χ4v) is 2.04. The lowest BCUT2D eigenvalue weighted by Crippen LogP contribution is -2.29. The fourth-order valence-electron chi connectivity index (χ4n) is 1.81. The maximum atomic E-state index is 10.5. The Labute approximate surface area is 104 Å². The van der Waals surface area contributed by atoms with Crippen LogP contribution in [-0.2, 0) is 0 Å². The molecule has 92 valence electrons. The van der Waals surface area contributed by atoms with E-state index < -0.39 is 4.92 Å². The van der Waals surface area contributed by atoms with Gasteiger partial charge < -0.3 is 10.6 Å². The molecular weight excluding hydrogens is 244 g/mol. The van der Waals surface area contributed by atoms with Crippen LogP contribution in [0.2, 0.25) is 5.02 Å². The Kier molecular flexibility index (Phi) is 3.75. The van der Waals surface area contributed by atoms with Crippen LogP contribution in [0.25, 0.3) is 0 Å². The van der Waals surface area contributed by atoms with Crippen LogP contribution < -0.4 is 10.6 Å². The van der Waals surface area contributed by atoms with E-state index in [1.807, 2.05) is 0 Å². The van der Waals surface area contributed by atoms with Crippen LogP contribution in [0.4, 0.5) is 11.5 Å². The highest BCUT2D eigenvalue weighted by Crippen LogP contribution is 2.23. The molecule has 0 saturated carbocycles. The van der Waals surface area contributed by atoms with Gasteiger partial charge in [0.25, 0.3) is 5.69 Å². The molecular formula is C10H13ClN4O2. The number of hydrogen-bond donors (Lipinski definition) is 2. The van der Waals surface area contributed by atoms with E-state index in [0.717, 1.165) is 19.5 Å². The van der Waals surface area contributed by atoms with Crippen LogP contribution in [0.5, 0.6) is 0 Å². The predicted octanol–water partition coefficient (Wildman–Crippen LogP) is 1.81. The molecule has 1 aliphatic heterocycles. The third kappa shape index (κ3) is 3.04. The SMILES string of the molecule is O=[N+]([O-])c1cnc(NCC2CCCN2)c(Cl)c1. The molecule has 17 heavy (non-hydrogen) atoms. The number of nitrogens with one attached hydrogen (secondary N) is 2. The van der Waals surface area contributed by atoms with Gasteiger partial charge in [0.2, 0.25) is 0 Å². The average Bonchev–Trinajstić information content (AvgIpc) is 2.80. The fraction of sp³-hybridized carbons (Fsp3) is 0.500. The molecule has 2 rings (SSSR count). The normalized spacial score (nSPS) is 19.2. The number of aromatic nitrogens is 1. The summed E-state index contributed by atoms with van der Waals surface area (Å²) >= 11 is 5.91. The molecule has 1 aromatic rings. The number of anilines is 1. The van der Waals surface area contributed by atoms with Crippen molar-refractivity contribution in [1.82, 2.24) is 10.3 Å². The summed E-state index contributed by atoms with van der Waals surface area (Å²) in [6.45, 7) is 1.76. The molecule has 1 fully saturated rings. The molecule has 0 bridgehead atoms. The predicted molar refractivity (Wildman–Crippen MR) is 65.4 cm³/mol. The lowest BCUT2D eigenvalue weighted by Gasteiger charge is -2.12. The summed E-state index contributed by atoms with van der Waals surface area (Å²) < 4.78 is 0. The molecule has 6 nitrogen and oxygen atoms in total. The third-order valence-electron chi connectivity index (χ3n) is 2.72. The minimum Gasteiger partial charge on any atom is -0.367 e. The Hall–Kier alpha value is -1.40. The van der Waals surface area contributed by atoms with E-state index in [0.29, 0.717) is 11.9 Å². The maximum absolute atomic E-state index is 10.5. The number of rotatable bonds is 4. The standard InChI is InChI=1S/C10H13ClN4O2/c11-9-4-8(15(16)17)6-14-10(9)13-5-7-2-1-3-12-7/h4,6-7,12H,1-3,5H2,(H,13,14). The zero-order valence-corrected chi connectivity index (χ0v) is 9.91. The summed E-state index contributed by atoms with van der Waals surface area (Å²) in [6.07, 6.45) is 3.50. The van der Waals surface area contributed by atoms with E-state index >= 15 is 0 Å². The molecule has 1 saturated heterocycles. The van der Waals surface area contributed by atoms with Crippen molar-refractivity contribution in [3.8, 4) is 0 Å². The molecule has 2 heterocycles. The molecule has 1 aromatic heterocycles. The van der Waals surface area contributed by atoms with Crippen LogP contribution in [0.1, 0.15) is 12.8 Å². The second kappa shape index (κ2) is 5.29.